The van der Waals surface area contributed by atoms with Gasteiger partial charge in [-0.1, -0.05) is 15.9 Å². The van der Waals surface area contributed by atoms with Crippen molar-refractivity contribution in [1.82, 2.24) is 5.32 Å². The summed E-state index contributed by atoms with van der Waals surface area (Å²) in [6.07, 6.45) is -4.91. The lowest BCUT2D eigenvalue weighted by Crippen LogP contribution is -2.36. The smallest absolute Gasteiger partial charge is 0.265 e. The highest BCUT2D eigenvalue weighted by atomic mass is 79.9. The van der Waals surface area contributed by atoms with Crippen molar-refractivity contribution >= 4 is 21.8 Å². The van der Waals surface area contributed by atoms with Gasteiger partial charge in [0.05, 0.1) is 5.56 Å². The van der Waals surface area contributed by atoms with Crippen molar-refractivity contribution in [3.05, 3.63) is 34.1 Å². The van der Waals surface area contributed by atoms with Crippen molar-refractivity contribution in [1.29, 1.82) is 0 Å². The summed E-state index contributed by atoms with van der Waals surface area (Å²) < 4.78 is 37.6. The first-order valence-electron chi connectivity index (χ1n) is 4.61. The molecular formula is C10H9BrF3NO2. The lowest BCUT2D eigenvalue weighted by Gasteiger charge is -2.11. The summed E-state index contributed by atoms with van der Waals surface area (Å²) in [6.45, 7) is -0.633. The minimum absolute atomic E-state index is 0.269. The average Bonchev–Trinajstić information content (AvgIpc) is 2.25. The Balaban J connectivity index is 2.64. The summed E-state index contributed by atoms with van der Waals surface area (Å²) in [5, 5.41) is 10.8. The molecule has 0 fully saturated rings. The van der Waals surface area contributed by atoms with E-state index in [1.165, 1.54) is 12.1 Å². The van der Waals surface area contributed by atoms with Crippen molar-refractivity contribution in [2.75, 3.05) is 6.54 Å². The van der Waals surface area contributed by atoms with Crippen LogP contribution in [0.15, 0.2) is 22.7 Å². The van der Waals surface area contributed by atoms with Crippen molar-refractivity contribution in [3.8, 4) is 0 Å². The van der Waals surface area contributed by atoms with E-state index in [1.807, 2.05) is 5.32 Å². The first kappa shape index (κ1) is 14.0. The van der Waals surface area contributed by atoms with E-state index in [9.17, 15) is 18.0 Å². The number of aliphatic hydroxyl groups excluding tert-OH is 1. The predicted octanol–water partition coefficient (Wildman–Crippen LogP) is 1.94. The molecule has 0 aromatic heterocycles. The van der Waals surface area contributed by atoms with Crippen molar-refractivity contribution < 1.29 is 23.1 Å². The Kier molecular flexibility index (Phi) is 4.95. The van der Waals surface area contributed by atoms with Crippen molar-refractivity contribution in [3.63, 3.8) is 0 Å². The molecule has 2 N–H and O–H groups in total. The Labute approximate surface area is 104 Å². The minimum Gasteiger partial charge on any atom is -0.385 e. The molecule has 0 aliphatic heterocycles. The molecule has 1 atom stereocenters. The maximum atomic E-state index is 13.3. The highest BCUT2D eigenvalue weighted by Gasteiger charge is 2.19. The van der Waals surface area contributed by atoms with Gasteiger partial charge in [0, 0.05) is 11.0 Å². The van der Waals surface area contributed by atoms with Gasteiger partial charge in [-0.2, -0.15) is 0 Å². The second-order valence-electron chi connectivity index (χ2n) is 3.24. The number of hydrogen-bond donors (Lipinski definition) is 2. The quantitative estimate of drug-likeness (QED) is 0.893. The van der Waals surface area contributed by atoms with Crippen molar-refractivity contribution in [2.24, 2.45) is 0 Å². The Hall–Kier alpha value is -1.08. The summed E-state index contributed by atoms with van der Waals surface area (Å²) in [4.78, 5) is 11.4. The van der Waals surface area contributed by atoms with Crippen LogP contribution in [0.3, 0.4) is 0 Å². The van der Waals surface area contributed by atoms with Crippen LogP contribution in [0.5, 0.6) is 0 Å². The summed E-state index contributed by atoms with van der Waals surface area (Å²) >= 11 is 3.02. The van der Waals surface area contributed by atoms with Crippen LogP contribution in [0, 0.1) is 5.82 Å². The highest BCUT2D eigenvalue weighted by molar-refractivity contribution is 9.10. The van der Waals surface area contributed by atoms with Gasteiger partial charge in [-0.05, 0) is 18.2 Å². The second kappa shape index (κ2) is 6.02. The molecule has 3 nitrogen and oxygen atoms in total. The number of halogens is 4. The van der Waals surface area contributed by atoms with Gasteiger partial charge in [0.15, 0.2) is 0 Å². The molecule has 0 aliphatic rings. The number of aliphatic hydroxyl groups is 1. The third kappa shape index (κ3) is 4.01. The highest BCUT2D eigenvalue weighted by Crippen LogP contribution is 2.15. The molecule has 0 saturated carbocycles. The molecule has 94 valence electrons. The molecule has 1 unspecified atom stereocenters. The lowest BCUT2D eigenvalue weighted by atomic mass is 10.2. The number of carbonyl (C=O) groups is 1. The zero-order valence-electron chi connectivity index (χ0n) is 8.46. The molecule has 1 rings (SSSR count). The van der Waals surface area contributed by atoms with E-state index >= 15 is 0 Å². The number of benzene rings is 1. The van der Waals surface area contributed by atoms with E-state index in [0.29, 0.717) is 4.47 Å². The first-order valence-corrected chi connectivity index (χ1v) is 5.40. The van der Waals surface area contributed by atoms with Gasteiger partial charge in [-0.3, -0.25) is 4.79 Å². The fourth-order valence-corrected chi connectivity index (χ4v) is 1.39. The zero-order valence-corrected chi connectivity index (χ0v) is 10.0. The van der Waals surface area contributed by atoms with Crippen LogP contribution in [0.2, 0.25) is 0 Å². The van der Waals surface area contributed by atoms with Gasteiger partial charge in [-0.15, -0.1) is 0 Å². The van der Waals surface area contributed by atoms with E-state index in [2.05, 4.69) is 15.9 Å². The predicted molar refractivity (Wildman–Crippen MR) is 58.4 cm³/mol. The van der Waals surface area contributed by atoms with E-state index < -0.39 is 30.8 Å². The largest absolute Gasteiger partial charge is 0.385 e. The van der Waals surface area contributed by atoms with E-state index in [4.69, 9.17) is 5.11 Å². The lowest BCUT2D eigenvalue weighted by molar-refractivity contribution is -0.00272. The van der Waals surface area contributed by atoms with Crippen LogP contribution in [-0.4, -0.2) is 30.1 Å². The summed E-state index contributed by atoms with van der Waals surface area (Å²) in [6, 6.07) is 3.74. The van der Waals surface area contributed by atoms with Crippen LogP contribution >= 0.6 is 15.9 Å². The summed E-state index contributed by atoms with van der Waals surface area (Å²) in [7, 11) is 0. The SMILES string of the molecule is O=C(NCC(O)C(F)F)c1ccc(Br)cc1F. The number of hydrogen-bond acceptors (Lipinski definition) is 2. The maximum Gasteiger partial charge on any atom is 0.265 e. The number of nitrogens with one attached hydrogen (secondary N) is 1. The number of rotatable bonds is 4. The molecule has 1 aromatic carbocycles. The van der Waals surface area contributed by atoms with Crippen molar-refractivity contribution in [2.45, 2.75) is 12.5 Å². The third-order valence-corrected chi connectivity index (χ3v) is 2.43. The fourth-order valence-electron chi connectivity index (χ4n) is 1.06. The van der Waals surface area contributed by atoms with Crippen LogP contribution in [0.4, 0.5) is 13.2 Å². The standard InChI is InChI=1S/C10H9BrF3NO2/c11-5-1-2-6(7(12)3-5)10(17)15-4-8(16)9(13)14/h1-3,8-9,16H,4H2,(H,15,17). The minimum atomic E-state index is -2.95. The van der Waals surface area contributed by atoms with Gasteiger partial charge in [0.25, 0.3) is 12.3 Å². The fraction of sp³-hybridized carbons (Fsp3) is 0.300. The number of amides is 1. The summed E-state index contributed by atoms with van der Waals surface area (Å²) in [5.41, 5.74) is -0.269. The van der Waals surface area contributed by atoms with E-state index in [0.717, 1.165) is 6.07 Å². The van der Waals surface area contributed by atoms with Gasteiger partial charge in [0.1, 0.15) is 11.9 Å². The van der Waals surface area contributed by atoms with Crippen LogP contribution in [0.1, 0.15) is 10.4 Å². The molecule has 0 aliphatic carbocycles. The Bertz CT molecular complexity index is 415. The maximum absolute atomic E-state index is 13.3. The molecule has 0 bridgehead atoms. The van der Waals surface area contributed by atoms with Crippen LogP contribution in [-0.2, 0) is 0 Å². The monoisotopic (exact) mass is 311 g/mol. The molecule has 1 amide bonds. The normalized spacial score (nSPS) is 12.6. The molecule has 17 heavy (non-hydrogen) atoms. The van der Waals surface area contributed by atoms with Crippen LogP contribution in [0.25, 0.3) is 0 Å². The molecule has 7 heteroatoms. The Morgan fingerprint density at radius 3 is 2.65 bits per heavy atom. The molecule has 1 aromatic rings. The number of carbonyl (C=O) groups excluding carboxylic acids is 1. The molecule has 0 heterocycles. The molecule has 0 radical (unpaired) electrons. The first-order chi connectivity index (χ1) is 7.91. The van der Waals surface area contributed by atoms with E-state index in [1.54, 1.807) is 0 Å². The summed E-state index contributed by atoms with van der Waals surface area (Å²) in [5.74, 6) is -1.63. The molecular weight excluding hydrogens is 303 g/mol. The number of alkyl halides is 2. The Morgan fingerprint density at radius 1 is 1.47 bits per heavy atom. The van der Waals surface area contributed by atoms with Crippen LogP contribution < -0.4 is 5.32 Å². The van der Waals surface area contributed by atoms with Gasteiger partial charge >= 0.3 is 0 Å². The zero-order chi connectivity index (χ0) is 13.0. The van der Waals surface area contributed by atoms with E-state index in [-0.39, 0.29) is 5.56 Å². The van der Waals surface area contributed by atoms with Gasteiger partial charge in [-0.25, -0.2) is 13.2 Å². The van der Waals surface area contributed by atoms with Gasteiger partial charge < -0.3 is 10.4 Å². The van der Waals surface area contributed by atoms with Gasteiger partial charge in [0.2, 0.25) is 0 Å². The third-order valence-electron chi connectivity index (χ3n) is 1.94. The average molecular weight is 312 g/mol. The Morgan fingerprint density at radius 2 is 2.12 bits per heavy atom. The topological polar surface area (TPSA) is 49.3 Å². The second-order valence-corrected chi connectivity index (χ2v) is 4.15. The molecule has 0 saturated heterocycles. The molecule has 0 spiro atoms.